The molecule has 0 fully saturated rings. The number of nitrogens with zero attached hydrogens (tertiary/aromatic N) is 3. The van der Waals surface area contributed by atoms with Gasteiger partial charge >= 0.3 is 0 Å². The number of amidine groups is 2. The molecule has 0 bridgehead atoms. The van der Waals surface area contributed by atoms with E-state index in [1.807, 2.05) is 23.5 Å². The van der Waals surface area contributed by atoms with Crippen LogP contribution in [0.25, 0.3) is 64.2 Å². The first-order chi connectivity index (χ1) is 25.3. The van der Waals surface area contributed by atoms with Crippen LogP contribution in [0.1, 0.15) is 22.9 Å². The third-order valence-electron chi connectivity index (χ3n) is 9.71. The Labute approximate surface area is 299 Å². The molecule has 0 spiro atoms. The van der Waals surface area contributed by atoms with Gasteiger partial charge in [-0.2, -0.15) is 0 Å². The molecular weight excluding hydrogens is 641 g/mol. The lowest BCUT2D eigenvalue weighted by molar-refractivity contribution is 0.763. The molecule has 0 saturated heterocycles. The predicted molar refractivity (Wildman–Crippen MR) is 215 cm³/mol. The Hall–Kier alpha value is -6.43. The van der Waals surface area contributed by atoms with Gasteiger partial charge in [0.25, 0.3) is 0 Å². The van der Waals surface area contributed by atoms with Gasteiger partial charge < -0.3 is 5.32 Å². The van der Waals surface area contributed by atoms with Crippen LogP contribution in [0.4, 0.5) is 0 Å². The molecule has 1 atom stereocenters. The molecule has 7 aromatic carbocycles. The van der Waals surface area contributed by atoms with Crippen LogP contribution in [0.2, 0.25) is 0 Å². The molecule has 1 N–H and O–H groups in total. The molecule has 0 aliphatic carbocycles. The third kappa shape index (κ3) is 5.09. The van der Waals surface area contributed by atoms with E-state index >= 15 is 0 Å². The Morgan fingerprint density at radius 3 is 1.84 bits per heavy atom. The Morgan fingerprint density at radius 1 is 0.451 bits per heavy atom. The second kappa shape index (κ2) is 12.2. The van der Waals surface area contributed by atoms with Gasteiger partial charge in [-0.3, -0.25) is 0 Å². The van der Waals surface area contributed by atoms with Crippen LogP contribution in [0, 0.1) is 0 Å². The van der Waals surface area contributed by atoms with Gasteiger partial charge in [0.2, 0.25) is 0 Å². The number of hydrogen-bond acceptors (Lipinski definition) is 5. The lowest BCUT2D eigenvalue weighted by atomic mass is 9.96. The zero-order valence-electron chi connectivity index (χ0n) is 27.5. The fraction of sp³-hybridized carbons (Fsp3) is 0.0217. The highest BCUT2D eigenvalue weighted by Crippen LogP contribution is 2.45. The fourth-order valence-electron chi connectivity index (χ4n) is 7.33. The van der Waals surface area contributed by atoms with E-state index in [0.717, 1.165) is 61.5 Å². The van der Waals surface area contributed by atoms with E-state index in [0.29, 0.717) is 0 Å². The zero-order chi connectivity index (χ0) is 33.7. The number of aromatic nitrogens is 1. The summed E-state index contributed by atoms with van der Waals surface area (Å²) in [5, 5.41) is 9.58. The van der Waals surface area contributed by atoms with Crippen molar-refractivity contribution in [1.82, 2.24) is 10.3 Å². The number of pyridine rings is 1. The van der Waals surface area contributed by atoms with Crippen molar-refractivity contribution in [3.8, 4) is 22.4 Å². The summed E-state index contributed by atoms with van der Waals surface area (Å²) in [5.41, 5.74) is 8.57. The summed E-state index contributed by atoms with van der Waals surface area (Å²) >= 11 is 1.84. The average Bonchev–Trinajstić information content (AvgIpc) is 3.60. The smallest absolute Gasteiger partial charge is 0.170 e. The van der Waals surface area contributed by atoms with Gasteiger partial charge in [-0.25, -0.2) is 15.0 Å². The maximum absolute atomic E-state index is 5.35. The summed E-state index contributed by atoms with van der Waals surface area (Å²) in [7, 11) is 0. The largest absolute Gasteiger partial charge is 0.324 e. The first-order valence-corrected chi connectivity index (χ1v) is 18.0. The maximum atomic E-state index is 5.35. The van der Waals surface area contributed by atoms with Crippen molar-refractivity contribution in [2.45, 2.75) is 6.17 Å². The number of fused-ring (bicyclic) bond motifs is 7. The maximum Gasteiger partial charge on any atom is 0.170 e. The first-order valence-electron chi connectivity index (χ1n) is 17.1. The van der Waals surface area contributed by atoms with Gasteiger partial charge in [-0.1, -0.05) is 152 Å². The summed E-state index contributed by atoms with van der Waals surface area (Å²) in [6.07, 6.45) is -0.442. The highest BCUT2D eigenvalue weighted by atomic mass is 32.1. The molecule has 1 aliphatic rings. The minimum atomic E-state index is -0.442. The number of aliphatic imine (C=N–C) groups is 2. The fourth-order valence-corrected chi connectivity index (χ4v) is 8.63. The second-order valence-corrected chi connectivity index (χ2v) is 13.8. The second-order valence-electron chi connectivity index (χ2n) is 12.8. The molecule has 3 heterocycles. The third-order valence-corrected chi connectivity index (χ3v) is 10.9. The molecular formula is C46H30N4S. The summed E-state index contributed by atoms with van der Waals surface area (Å²) in [6, 6.07) is 59.5. The number of rotatable bonds is 5. The van der Waals surface area contributed by atoms with Gasteiger partial charge in [0.15, 0.2) is 6.17 Å². The molecule has 0 saturated carbocycles. The molecule has 5 heteroatoms. The SMILES string of the molecule is c1ccc(C2=NC(c3cccc4sc5c(ccc6c(-c7ccccc7)nc7ccccc7c65)c34)N=C(c3cccc(-c4ccccc4)c3)N2)cc1. The highest BCUT2D eigenvalue weighted by molar-refractivity contribution is 7.26. The molecule has 240 valence electrons. The topological polar surface area (TPSA) is 49.6 Å². The number of para-hydroxylation sites is 1. The van der Waals surface area contributed by atoms with E-state index in [9.17, 15) is 0 Å². The quantitative estimate of drug-likeness (QED) is 0.185. The molecule has 0 radical (unpaired) electrons. The summed E-state index contributed by atoms with van der Waals surface area (Å²) < 4.78 is 2.47. The lowest BCUT2D eigenvalue weighted by Gasteiger charge is -2.23. The Balaban J connectivity index is 1.20. The van der Waals surface area contributed by atoms with Crippen molar-refractivity contribution in [2.75, 3.05) is 0 Å². The lowest BCUT2D eigenvalue weighted by Crippen LogP contribution is -2.36. The van der Waals surface area contributed by atoms with Crippen molar-refractivity contribution < 1.29 is 0 Å². The Kier molecular flexibility index (Phi) is 7.03. The van der Waals surface area contributed by atoms with E-state index in [1.165, 1.54) is 31.1 Å². The summed E-state index contributed by atoms with van der Waals surface area (Å²) in [6.45, 7) is 0. The number of thiophene rings is 1. The van der Waals surface area contributed by atoms with E-state index < -0.39 is 6.17 Å². The number of nitrogens with one attached hydrogen (secondary N) is 1. The predicted octanol–water partition coefficient (Wildman–Crippen LogP) is 11.6. The van der Waals surface area contributed by atoms with Crippen LogP contribution in [0.5, 0.6) is 0 Å². The van der Waals surface area contributed by atoms with Crippen LogP contribution in [0.15, 0.2) is 180 Å². The molecule has 9 aromatic rings. The van der Waals surface area contributed by atoms with Crippen molar-refractivity contribution in [1.29, 1.82) is 0 Å². The van der Waals surface area contributed by atoms with Gasteiger partial charge in [0.05, 0.1) is 11.2 Å². The van der Waals surface area contributed by atoms with Crippen LogP contribution in [-0.2, 0) is 0 Å². The molecule has 1 unspecified atom stereocenters. The molecule has 0 amide bonds. The normalized spacial score (nSPS) is 14.5. The number of hydrogen-bond donors (Lipinski definition) is 1. The van der Waals surface area contributed by atoms with Crippen molar-refractivity contribution in [3.05, 3.63) is 187 Å². The number of benzene rings is 7. The van der Waals surface area contributed by atoms with Crippen LogP contribution in [-0.4, -0.2) is 16.7 Å². The van der Waals surface area contributed by atoms with Crippen molar-refractivity contribution in [3.63, 3.8) is 0 Å². The van der Waals surface area contributed by atoms with E-state index in [4.69, 9.17) is 15.0 Å². The van der Waals surface area contributed by atoms with Crippen molar-refractivity contribution in [2.24, 2.45) is 9.98 Å². The zero-order valence-corrected chi connectivity index (χ0v) is 28.3. The monoisotopic (exact) mass is 670 g/mol. The minimum absolute atomic E-state index is 0.442. The average molecular weight is 671 g/mol. The Morgan fingerprint density at radius 2 is 1.06 bits per heavy atom. The van der Waals surface area contributed by atoms with Gasteiger partial charge in [-0.05, 0) is 29.3 Å². The molecule has 1 aliphatic heterocycles. The van der Waals surface area contributed by atoms with Crippen LogP contribution in [0.3, 0.4) is 0 Å². The van der Waals surface area contributed by atoms with Crippen LogP contribution < -0.4 is 5.32 Å². The van der Waals surface area contributed by atoms with Gasteiger partial charge in [0, 0.05) is 58.6 Å². The minimum Gasteiger partial charge on any atom is -0.324 e. The highest BCUT2D eigenvalue weighted by Gasteiger charge is 2.25. The van der Waals surface area contributed by atoms with E-state index in [1.54, 1.807) is 0 Å². The van der Waals surface area contributed by atoms with Gasteiger partial charge in [0.1, 0.15) is 11.7 Å². The summed E-state index contributed by atoms with van der Waals surface area (Å²) in [5.74, 6) is 1.61. The first kappa shape index (κ1) is 29.5. The standard InChI is InChI=1S/C46H30N4S/c1-4-14-29(15-5-1)32-20-12-21-33(28-32)45-48-44(31-18-8-3-9-19-31)49-46(50-45)37-23-13-25-39-40(37)36-27-26-35-41(43(36)51-39)34-22-10-11-24-38(34)47-42(35)30-16-6-2-7-17-30/h1-28,46H,(H,48,49,50). The summed E-state index contributed by atoms with van der Waals surface area (Å²) in [4.78, 5) is 15.8. The van der Waals surface area contributed by atoms with E-state index in [-0.39, 0.29) is 0 Å². The molecule has 2 aromatic heterocycles. The van der Waals surface area contributed by atoms with Crippen molar-refractivity contribution >= 4 is 64.9 Å². The van der Waals surface area contributed by atoms with Gasteiger partial charge in [-0.15, -0.1) is 11.3 Å². The molecule has 4 nitrogen and oxygen atoms in total. The van der Waals surface area contributed by atoms with E-state index in [2.05, 4.69) is 163 Å². The Bertz CT molecular complexity index is 2820. The molecule has 10 rings (SSSR count). The van der Waals surface area contributed by atoms with Crippen LogP contribution >= 0.6 is 11.3 Å². The molecule has 51 heavy (non-hydrogen) atoms.